The molecule has 0 bridgehead atoms. The van der Waals surface area contributed by atoms with Gasteiger partial charge in [0.1, 0.15) is 18.5 Å². The summed E-state index contributed by atoms with van der Waals surface area (Å²) in [5, 5.41) is 28.2. The number of hydrogen-bond acceptors (Lipinski definition) is 10. The number of halogens is 9. The number of aromatic nitrogens is 8. The van der Waals surface area contributed by atoms with Gasteiger partial charge in [0.05, 0.1) is 39.1 Å². The Bertz CT molecular complexity index is 2190. The molecular weight excluding hydrogens is 805 g/mol. The van der Waals surface area contributed by atoms with E-state index in [1.165, 1.54) is 29.5 Å². The summed E-state index contributed by atoms with van der Waals surface area (Å²) >= 11 is 16.1. The number of hydrogen-bond donors (Lipinski definition) is 4. The van der Waals surface area contributed by atoms with E-state index in [-0.39, 0.29) is 23.8 Å². The number of alkyl halides is 7. The van der Waals surface area contributed by atoms with Gasteiger partial charge >= 0.3 is 12.4 Å². The summed E-state index contributed by atoms with van der Waals surface area (Å²) in [6.07, 6.45) is -6.22. The van der Waals surface area contributed by atoms with E-state index < -0.39 is 45.3 Å². The molecule has 2 amide bonds. The van der Waals surface area contributed by atoms with Crippen molar-refractivity contribution >= 4 is 69.4 Å². The van der Waals surface area contributed by atoms with Crippen molar-refractivity contribution in [3.8, 4) is 11.4 Å². The summed E-state index contributed by atoms with van der Waals surface area (Å²) < 4.78 is 78.9. The number of nitrogens with one attached hydrogen (secondary N) is 3. The Morgan fingerprint density at radius 2 is 1.15 bits per heavy atom. The monoisotopic (exact) mass is 828 g/mol. The van der Waals surface area contributed by atoms with Gasteiger partial charge in [-0.3, -0.25) is 9.59 Å². The van der Waals surface area contributed by atoms with Gasteiger partial charge < -0.3 is 21.7 Å². The minimum Gasteiger partial charge on any atom is -0.399 e. The summed E-state index contributed by atoms with van der Waals surface area (Å²) in [6.45, 7) is -0.150. The first-order valence-electron chi connectivity index (χ1n) is 15.1. The van der Waals surface area contributed by atoms with Crippen LogP contribution in [-0.2, 0) is 21.9 Å². The quantitative estimate of drug-likeness (QED) is 0.0698. The van der Waals surface area contributed by atoms with Crippen molar-refractivity contribution in [2.45, 2.75) is 12.4 Å². The van der Waals surface area contributed by atoms with E-state index in [1.54, 1.807) is 35.0 Å². The lowest BCUT2D eigenvalue weighted by molar-refractivity contribution is -0.138. The van der Waals surface area contributed by atoms with Crippen molar-refractivity contribution in [1.82, 2.24) is 40.4 Å². The average Bonchev–Trinajstić information content (AvgIpc) is 3.88. The molecule has 0 radical (unpaired) electrons. The Balaban J connectivity index is 0.000000203. The van der Waals surface area contributed by atoms with Crippen LogP contribution in [0.5, 0.6) is 0 Å². The van der Waals surface area contributed by atoms with Crippen LogP contribution in [0.25, 0.3) is 11.4 Å². The SMILES string of the molecule is Nc1cccc(-n2cnnn2)c1.O=C(CCl)Nc1ccc(Cl)c(C(F)(F)F)c1.O=C(CNc1cccc(-n2cnnn2)c1)Nc1ccc(Cl)c(C(F)(F)F)c1. The fourth-order valence-corrected chi connectivity index (χ4v) is 4.72. The number of rotatable bonds is 8. The molecule has 2 heterocycles. The summed E-state index contributed by atoms with van der Waals surface area (Å²) in [6, 6.07) is 20.6. The van der Waals surface area contributed by atoms with Crippen LogP contribution < -0.4 is 21.7 Å². The zero-order valence-corrected chi connectivity index (χ0v) is 29.8. The van der Waals surface area contributed by atoms with Crippen molar-refractivity contribution in [2.75, 3.05) is 34.1 Å². The fraction of sp³-hybridized carbons (Fsp3) is 0.125. The molecule has 23 heteroatoms. The largest absolute Gasteiger partial charge is 0.417 e. The highest BCUT2D eigenvalue weighted by Gasteiger charge is 2.34. The molecule has 0 aliphatic rings. The molecule has 288 valence electrons. The standard InChI is InChI=1S/C16H12ClF3N6O.C9H6Cl2F3NO.C7H7N5/c17-14-5-4-11(7-13(14)16(18,19)20)23-15(27)8-21-10-2-1-3-12(6-10)26-9-22-24-25-26;10-4-8(16)15-5-1-2-7(11)6(3-5)9(12,13)14;8-6-2-1-3-7(4-6)12-5-9-10-11-12/h1-7,9,21H,8H2,(H,23,27);1-3H,4H2,(H,15,16);1-5H,8H2. The molecule has 5 N–H and O–H groups in total. The van der Waals surface area contributed by atoms with Crippen LogP contribution in [-0.4, -0.2) is 64.7 Å². The molecular formula is C32H25Cl3F6N12O2. The predicted octanol–water partition coefficient (Wildman–Crippen LogP) is 7.17. The van der Waals surface area contributed by atoms with Gasteiger partial charge in [0.25, 0.3) is 0 Å². The Labute approximate surface area is 321 Å². The number of nitrogens with two attached hydrogens (primary N) is 1. The molecule has 0 spiro atoms. The van der Waals surface area contributed by atoms with Crippen LogP contribution in [0.1, 0.15) is 11.1 Å². The molecule has 0 saturated carbocycles. The first kappa shape index (κ1) is 41.8. The molecule has 55 heavy (non-hydrogen) atoms. The molecule has 6 rings (SSSR count). The molecule has 0 fully saturated rings. The number of carbonyl (C=O) groups excluding carboxylic acids is 2. The van der Waals surface area contributed by atoms with Crippen LogP contribution in [0.2, 0.25) is 10.0 Å². The molecule has 0 atom stereocenters. The highest BCUT2D eigenvalue weighted by molar-refractivity contribution is 6.32. The van der Waals surface area contributed by atoms with Crippen molar-refractivity contribution in [3.05, 3.63) is 119 Å². The van der Waals surface area contributed by atoms with Gasteiger partial charge in [-0.25, -0.2) is 9.36 Å². The highest BCUT2D eigenvalue weighted by Crippen LogP contribution is 2.37. The summed E-state index contributed by atoms with van der Waals surface area (Å²) in [5.41, 5.74) is 6.43. The molecule has 0 unspecified atom stereocenters. The van der Waals surface area contributed by atoms with Crippen LogP contribution in [0.3, 0.4) is 0 Å². The number of anilines is 4. The molecule has 14 nitrogen and oxygen atoms in total. The van der Waals surface area contributed by atoms with E-state index >= 15 is 0 Å². The molecule has 0 saturated heterocycles. The minimum absolute atomic E-state index is 0.000894. The Kier molecular flexibility index (Phi) is 14.3. The molecule has 2 aromatic heterocycles. The van der Waals surface area contributed by atoms with Crippen LogP contribution in [0, 0.1) is 0 Å². The Morgan fingerprint density at radius 1 is 0.655 bits per heavy atom. The second kappa shape index (κ2) is 18.9. The van der Waals surface area contributed by atoms with Gasteiger partial charge in [0, 0.05) is 22.7 Å². The van der Waals surface area contributed by atoms with Crippen molar-refractivity contribution in [1.29, 1.82) is 0 Å². The number of nitrogens with zero attached hydrogens (tertiary/aromatic N) is 8. The van der Waals surface area contributed by atoms with Crippen LogP contribution in [0.4, 0.5) is 49.1 Å². The van der Waals surface area contributed by atoms with E-state index in [2.05, 4.69) is 47.0 Å². The first-order chi connectivity index (χ1) is 26.0. The van der Waals surface area contributed by atoms with Crippen molar-refractivity contribution in [3.63, 3.8) is 0 Å². The van der Waals surface area contributed by atoms with Crippen LogP contribution in [0.15, 0.2) is 97.6 Å². The molecule has 0 aliphatic carbocycles. The van der Waals surface area contributed by atoms with Gasteiger partial charge in [0.15, 0.2) is 0 Å². The number of carbonyl (C=O) groups is 2. The Morgan fingerprint density at radius 3 is 1.60 bits per heavy atom. The van der Waals surface area contributed by atoms with E-state index in [9.17, 15) is 35.9 Å². The maximum absolute atomic E-state index is 12.9. The lowest BCUT2D eigenvalue weighted by Gasteiger charge is -2.12. The van der Waals surface area contributed by atoms with Crippen LogP contribution >= 0.6 is 34.8 Å². The van der Waals surface area contributed by atoms with Gasteiger partial charge in [-0.05, 0) is 93.6 Å². The normalized spacial score (nSPS) is 11.0. The van der Waals surface area contributed by atoms with E-state index in [0.717, 1.165) is 30.0 Å². The maximum atomic E-state index is 12.9. The van der Waals surface area contributed by atoms with E-state index in [0.29, 0.717) is 17.1 Å². The Hall–Kier alpha value is -5.99. The molecule has 6 aromatic rings. The third-order valence-electron chi connectivity index (χ3n) is 6.63. The van der Waals surface area contributed by atoms with Gasteiger partial charge in [-0.1, -0.05) is 35.3 Å². The fourth-order valence-electron chi connectivity index (χ4n) is 4.21. The van der Waals surface area contributed by atoms with Crippen molar-refractivity contribution < 1.29 is 35.9 Å². The highest BCUT2D eigenvalue weighted by atomic mass is 35.5. The minimum atomic E-state index is -4.60. The summed E-state index contributed by atoms with van der Waals surface area (Å²) in [7, 11) is 0. The predicted molar refractivity (Wildman–Crippen MR) is 192 cm³/mol. The van der Waals surface area contributed by atoms with Gasteiger partial charge in [-0.15, -0.1) is 21.8 Å². The van der Waals surface area contributed by atoms with Gasteiger partial charge in [0.2, 0.25) is 11.8 Å². The van der Waals surface area contributed by atoms with E-state index in [1.807, 2.05) is 18.2 Å². The third-order valence-corrected chi connectivity index (χ3v) is 7.53. The molecule has 4 aromatic carbocycles. The number of nitrogen functional groups attached to an aromatic ring is 1. The second-order valence-electron chi connectivity index (χ2n) is 10.6. The maximum Gasteiger partial charge on any atom is 0.417 e. The zero-order chi connectivity index (χ0) is 40.2. The average molecular weight is 830 g/mol. The number of tetrazole rings is 2. The first-order valence-corrected chi connectivity index (χ1v) is 16.4. The summed E-state index contributed by atoms with van der Waals surface area (Å²) in [4.78, 5) is 22.9. The number of benzene rings is 4. The van der Waals surface area contributed by atoms with Crippen molar-refractivity contribution in [2.24, 2.45) is 0 Å². The number of amides is 2. The lowest BCUT2D eigenvalue weighted by Crippen LogP contribution is -2.22. The topological polar surface area (TPSA) is 183 Å². The third kappa shape index (κ3) is 12.8. The molecule has 0 aliphatic heterocycles. The smallest absolute Gasteiger partial charge is 0.399 e. The lowest BCUT2D eigenvalue weighted by atomic mass is 10.2. The summed E-state index contributed by atoms with van der Waals surface area (Å²) in [5.74, 6) is -1.43. The van der Waals surface area contributed by atoms with E-state index in [4.69, 9.17) is 40.5 Å². The van der Waals surface area contributed by atoms with Gasteiger partial charge in [-0.2, -0.15) is 26.3 Å². The second-order valence-corrected chi connectivity index (χ2v) is 11.7. The zero-order valence-electron chi connectivity index (χ0n) is 27.5.